The van der Waals surface area contributed by atoms with Crippen LogP contribution in [0.4, 0.5) is 0 Å². The van der Waals surface area contributed by atoms with Crippen LogP contribution in [0.1, 0.15) is 34.6 Å². The lowest BCUT2D eigenvalue weighted by Gasteiger charge is -2.07. The number of ether oxygens (including phenoxy) is 2. The third kappa shape index (κ3) is 4.84. The highest BCUT2D eigenvalue weighted by Gasteiger charge is 2.17. The van der Waals surface area contributed by atoms with Crippen molar-refractivity contribution in [1.29, 1.82) is 0 Å². The Morgan fingerprint density at radius 1 is 0.944 bits per heavy atom. The summed E-state index contributed by atoms with van der Waals surface area (Å²) in [5, 5.41) is 0. The molecule has 0 radical (unpaired) electrons. The van der Waals surface area contributed by atoms with Crippen molar-refractivity contribution in [1.82, 2.24) is 0 Å². The number of esters is 2. The maximum absolute atomic E-state index is 11.5. The molecule has 0 heterocycles. The number of carbonyl (C=O) groups is 2. The molecule has 0 bridgehead atoms. The van der Waals surface area contributed by atoms with E-state index in [2.05, 4.69) is 9.24 Å². The van der Waals surface area contributed by atoms with Crippen molar-refractivity contribution >= 4 is 21.2 Å². The zero-order valence-electron chi connectivity index (χ0n) is 10.9. The molecule has 0 aliphatic rings. The highest BCUT2D eigenvalue weighted by atomic mass is 31.0. The average Bonchev–Trinajstić information content (AvgIpc) is 2.41. The van der Waals surface area contributed by atoms with Gasteiger partial charge in [0.1, 0.15) is 0 Å². The molecule has 0 N–H and O–H groups in total. The Balaban J connectivity index is 0.00000137. The van der Waals surface area contributed by atoms with Gasteiger partial charge in [0.05, 0.1) is 24.3 Å². The van der Waals surface area contributed by atoms with Crippen LogP contribution in [0.2, 0.25) is 0 Å². The van der Waals surface area contributed by atoms with E-state index >= 15 is 0 Å². The molecule has 0 aromatic heterocycles. The van der Waals surface area contributed by atoms with Crippen LogP contribution in [0.25, 0.3) is 0 Å². The van der Waals surface area contributed by atoms with Crippen molar-refractivity contribution in [2.45, 2.75) is 13.8 Å². The number of rotatable bonds is 4. The average molecular weight is 270 g/mol. The maximum Gasteiger partial charge on any atom is 0.338 e. The van der Waals surface area contributed by atoms with Crippen molar-refractivity contribution in [2.75, 3.05) is 19.9 Å². The van der Waals surface area contributed by atoms with E-state index < -0.39 is 11.9 Å². The summed E-state index contributed by atoms with van der Waals surface area (Å²) in [6, 6.07) is 6.44. The Labute approximate surface area is 110 Å². The molecule has 1 aromatic rings. The Bertz CT molecular complexity index is 353. The molecule has 5 heteroatoms. The summed E-state index contributed by atoms with van der Waals surface area (Å²) in [6.07, 6.45) is 0. The molecule has 4 nitrogen and oxygen atoms in total. The van der Waals surface area contributed by atoms with Crippen LogP contribution < -0.4 is 0 Å². The zero-order valence-corrected chi connectivity index (χ0v) is 12.1. The minimum absolute atomic E-state index is 0.239. The van der Waals surface area contributed by atoms with Crippen LogP contribution in [0.15, 0.2) is 24.3 Å². The standard InChI is InChI=1S/C12H14O4.CH5P/c1-3-15-11(13)9-7-5-6-8-10(9)12(14)16-4-2;1-2/h5-8H,3-4H2,1-2H3;2H2,1H3. The zero-order chi connectivity index (χ0) is 14.0. The first-order valence-corrected chi connectivity index (χ1v) is 6.87. The molecule has 0 saturated carbocycles. The molecule has 1 unspecified atom stereocenters. The van der Waals surface area contributed by atoms with Crippen molar-refractivity contribution in [2.24, 2.45) is 0 Å². The lowest BCUT2D eigenvalue weighted by molar-refractivity contribution is 0.0479. The van der Waals surface area contributed by atoms with E-state index in [-0.39, 0.29) is 24.3 Å². The minimum atomic E-state index is -0.508. The smallest absolute Gasteiger partial charge is 0.338 e. The van der Waals surface area contributed by atoms with E-state index in [1.807, 2.05) is 6.66 Å². The van der Waals surface area contributed by atoms with Gasteiger partial charge < -0.3 is 9.47 Å². The fraction of sp³-hybridized carbons (Fsp3) is 0.385. The van der Waals surface area contributed by atoms with Gasteiger partial charge in [0.2, 0.25) is 0 Å². The van der Waals surface area contributed by atoms with Crippen LogP contribution in [-0.4, -0.2) is 31.8 Å². The summed E-state index contributed by atoms with van der Waals surface area (Å²) in [7, 11) is 2.42. The third-order valence-corrected chi connectivity index (χ3v) is 1.92. The predicted octanol–water partition coefficient (Wildman–Crippen LogP) is 2.53. The molecule has 1 atom stereocenters. The SMILES string of the molecule is CCOC(=O)c1ccccc1C(=O)OCC.CP. The van der Waals surface area contributed by atoms with Gasteiger partial charge in [-0.05, 0) is 26.0 Å². The highest BCUT2D eigenvalue weighted by molar-refractivity contribution is 7.15. The number of hydrogen-bond acceptors (Lipinski definition) is 4. The first kappa shape index (κ1) is 16.6. The van der Waals surface area contributed by atoms with Gasteiger partial charge in [-0.1, -0.05) is 18.8 Å². The summed E-state index contributed by atoms with van der Waals surface area (Å²) < 4.78 is 9.70. The molecular formula is C13H19O4P. The summed E-state index contributed by atoms with van der Waals surface area (Å²) >= 11 is 0. The summed E-state index contributed by atoms with van der Waals surface area (Å²) in [5.41, 5.74) is 0.477. The van der Waals surface area contributed by atoms with Gasteiger partial charge >= 0.3 is 11.9 Å². The van der Waals surface area contributed by atoms with Gasteiger partial charge in [-0.3, -0.25) is 0 Å². The molecule has 0 fully saturated rings. The number of benzene rings is 1. The Hall–Kier alpha value is -1.41. The summed E-state index contributed by atoms with van der Waals surface area (Å²) in [4.78, 5) is 23.1. The van der Waals surface area contributed by atoms with Gasteiger partial charge in [-0.25, -0.2) is 9.59 Å². The first-order valence-electron chi connectivity index (χ1n) is 5.71. The van der Waals surface area contributed by atoms with Crippen LogP contribution >= 0.6 is 9.24 Å². The highest BCUT2D eigenvalue weighted by Crippen LogP contribution is 2.11. The van der Waals surface area contributed by atoms with Crippen LogP contribution in [-0.2, 0) is 9.47 Å². The van der Waals surface area contributed by atoms with E-state index in [9.17, 15) is 9.59 Å². The molecule has 0 saturated heterocycles. The Morgan fingerprint density at radius 3 is 1.56 bits per heavy atom. The second kappa shape index (κ2) is 9.60. The van der Waals surface area contributed by atoms with E-state index in [1.54, 1.807) is 38.1 Å². The van der Waals surface area contributed by atoms with Crippen LogP contribution in [0.3, 0.4) is 0 Å². The fourth-order valence-electron chi connectivity index (χ4n) is 1.26. The monoisotopic (exact) mass is 270 g/mol. The second-order valence-corrected chi connectivity index (χ2v) is 2.99. The van der Waals surface area contributed by atoms with Crippen molar-refractivity contribution in [3.05, 3.63) is 35.4 Å². The molecular weight excluding hydrogens is 251 g/mol. The van der Waals surface area contributed by atoms with Crippen molar-refractivity contribution < 1.29 is 19.1 Å². The normalized spacial score (nSPS) is 8.89. The molecule has 0 aliphatic heterocycles. The van der Waals surface area contributed by atoms with Gasteiger partial charge in [-0.2, -0.15) is 0 Å². The molecule has 1 rings (SSSR count). The lowest BCUT2D eigenvalue weighted by Crippen LogP contribution is -2.13. The van der Waals surface area contributed by atoms with Gasteiger partial charge in [0.25, 0.3) is 0 Å². The molecule has 0 aliphatic carbocycles. The van der Waals surface area contributed by atoms with E-state index in [1.165, 1.54) is 0 Å². The van der Waals surface area contributed by atoms with Gasteiger partial charge in [0.15, 0.2) is 0 Å². The lowest BCUT2D eigenvalue weighted by atomic mass is 10.1. The van der Waals surface area contributed by atoms with Gasteiger partial charge in [0, 0.05) is 0 Å². The molecule has 1 aromatic carbocycles. The molecule has 0 spiro atoms. The van der Waals surface area contributed by atoms with Gasteiger partial charge in [-0.15, -0.1) is 9.24 Å². The third-order valence-electron chi connectivity index (χ3n) is 1.92. The number of carbonyl (C=O) groups excluding carboxylic acids is 2. The molecule has 100 valence electrons. The fourth-order valence-corrected chi connectivity index (χ4v) is 1.26. The van der Waals surface area contributed by atoms with Crippen molar-refractivity contribution in [3.63, 3.8) is 0 Å². The topological polar surface area (TPSA) is 52.6 Å². The largest absolute Gasteiger partial charge is 0.462 e. The van der Waals surface area contributed by atoms with E-state index in [0.717, 1.165) is 0 Å². The Morgan fingerprint density at radius 2 is 1.28 bits per heavy atom. The predicted molar refractivity (Wildman–Crippen MR) is 74.0 cm³/mol. The number of hydrogen-bond donors (Lipinski definition) is 0. The summed E-state index contributed by atoms with van der Waals surface area (Å²) in [6.45, 7) is 5.89. The molecule has 0 amide bonds. The quantitative estimate of drug-likeness (QED) is 0.623. The minimum Gasteiger partial charge on any atom is -0.462 e. The van der Waals surface area contributed by atoms with Crippen LogP contribution in [0.5, 0.6) is 0 Å². The van der Waals surface area contributed by atoms with E-state index in [4.69, 9.17) is 9.47 Å². The first-order chi connectivity index (χ1) is 8.70. The molecule has 18 heavy (non-hydrogen) atoms. The maximum atomic E-state index is 11.5. The summed E-state index contributed by atoms with van der Waals surface area (Å²) in [5.74, 6) is -1.02. The van der Waals surface area contributed by atoms with E-state index in [0.29, 0.717) is 0 Å². The second-order valence-electron chi connectivity index (χ2n) is 2.99. The van der Waals surface area contributed by atoms with Crippen molar-refractivity contribution in [3.8, 4) is 0 Å². The van der Waals surface area contributed by atoms with Crippen LogP contribution in [0, 0.1) is 0 Å². The Kier molecular flexibility index (Phi) is 8.85.